The lowest BCUT2D eigenvalue weighted by atomic mass is 9.87. The Morgan fingerprint density at radius 2 is 0.893 bits per heavy atom. The van der Waals surface area contributed by atoms with Gasteiger partial charge in [-0.15, -0.1) is 0 Å². The highest BCUT2D eigenvalue weighted by Gasteiger charge is 2.45. The van der Waals surface area contributed by atoms with E-state index in [9.17, 15) is 29.4 Å². The summed E-state index contributed by atoms with van der Waals surface area (Å²) in [6, 6.07) is 20.1. The molecule has 4 aromatic rings. The van der Waals surface area contributed by atoms with Crippen molar-refractivity contribution in [3.8, 4) is 0 Å². The van der Waals surface area contributed by atoms with E-state index in [1.54, 1.807) is 113 Å². The highest BCUT2D eigenvalue weighted by atomic mass is 16.3. The van der Waals surface area contributed by atoms with Crippen molar-refractivity contribution in [3.63, 3.8) is 0 Å². The number of nitrogens with two attached hydrogens (primary N) is 2. The van der Waals surface area contributed by atoms with E-state index in [-0.39, 0.29) is 50.4 Å². The molecule has 0 fully saturated rings. The molecule has 6 N–H and O–H groups in total. The largest absolute Gasteiger partial charge is 0.388 e. The zero-order valence-corrected chi connectivity index (χ0v) is 32.7. The molecule has 0 bridgehead atoms. The second-order valence-electron chi connectivity index (χ2n) is 15.0. The average molecular weight is 765 g/mol. The number of nitrogens with zero attached hydrogens (tertiary/aromatic N) is 4. The van der Waals surface area contributed by atoms with Crippen molar-refractivity contribution in [1.82, 2.24) is 19.8 Å². The van der Waals surface area contributed by atoms with Crippen LogP contribution in [-0.4, -0.2) is 90.0 Å². The summed E-state index contributed by atoms with van der Waals surface area (Å²) in [5, 5.41) is 25.0. The number of carbonyl (C=O) groups is 4. The number of carbonyl (C=O) groups excluding carboxylic acids is 4. The molecule has 0 radical (unpaired) electrons. The number of aromatic nitrogens is 2. The van der Waals surface area contributed by atoms with Gasteiger partial charge in [0.15, 0.2) is 0 Å². The monoisotopic (exact) mass is 764 g/mol. The third kappa shape index (κ3) is 11.9. The first-order valence-corrected chi connectivity index (χ1v) is 19.2. The van der Waals surface area contributed by atoms with E-state index in [0.717, 1.165) is 20.9 Å². The second kappa shape index (κ2) is 21.2. The summed E-state index contributed by atoms with van der Waals surface area (Å²) in [4.78, 5) is 67.6. The Hall–Kier alpha value is -5.14. The molecule has 2 heterocycles. The maximum absolute atomic E-state index is 14.3. The Morgan fingerprint density at radius 1 is 0.554 bits per heavy atom. The lowest BCUT2D eigenvalue weighted by molar-refractivity contribution is -0.162. The standard InChI is InChI=1S/C44H56N6O6/c1-29(2)39(45)43(55)49(37(51)21-19-33-17-11-23-47-27-33)35(25-31-13-7-5-8-14-31)41(53)42(54)36(26-32-15-9-6-10-16-32)50(44(56)40(46)30(3)4)38(52)22-20-34-18-12-24-48-28-34/h5-18,23-24,27-30,35-36,39-42,53-54H,19-22,25-26,45-46H2,1-4H3/t35-,36-,39-,40-,41?,42?/m0/s1. The third-order valence-corrected chi connectivity index (χ3v) is 10.1. The van der Waals surface area contributed by atoms with Crippen LogP contribution in [0.2, 0.25) is 0 Å². The Balaban J connectivity index is 1.84. The molecule has 0 spiro atoms. The molecule has 2 aromatic carbocycles. The number of aryl methyl sites for hydroxylation is 2. The lowest BCUT2D eigenvalue weighted by Gasteiger charge is -2.42. The summed E-state index contributed by atoms with van der Waals surface area (Å²) < 4.78 is 0. The molecular formula is C44H56N6O6. The van der Waals surface area contributed by atoms with E-state index in [1.807, 2.05) is 24.3 Å². The SMILES string of the molecule is CC(C)[C@H](N)C(=O)N(C(=O)CCc1cccnc1)[C@@H](Cc1ccccc1)C(O)C(O)[C@H](Cc1ccccc1)N(C(=O)CCc1cccnc1)C(=O)[C@@H](N)C(C)C. The maximum atomic E-state index is 14.3. The zero-order chi connectivity index (χ0) is 40.8. The van der Waals surface area contributed by atoms with E-state index in [1.165, 1.54) is 0 Å². The zero-order valence-electron chi connectivity index (χ0n) is 32.7. The number of imide groups is 2. The van der Waals surface area contributed by atoms with Gasteiger partial charge in [-0.05, 0) is 71.9 Å². The fourth-order valence-electron chi connectivity index (χ4n) is 6.57. The van der Waals surface area contributed by atoms with Crippen LogP contribution in [0.25, 0.3) is 0 Å². The number of benzene rings is 2. The van der Waals surface area contributed by atoms with Crippen LogP contribution >= 0.6 is 0 Å². The average Bonchev–Trinajstić information content (AvgIpc) is 3.21. The Bertz CT molecular complexity index is 1700. The van der Waals surface area contributed by atoms with Crippen molar-refractivity contribution in [2.45, 2.75) is 103 Å². The van der Waals surface area contributed by atoms with Crippen LogP contribution in [0.3, 0.4) is 0 Å². The molecule has 0 saturated heterocycles. The quantitative estimate of drug-likeness (QED) is 0.110. The predicted molar refractivity (Wildman–Crippen MR) is 214 cm³/mol. The molecule has 4 amide bonds. The van der Waals surface area contributed by atoms with Gasteiger partial charge in [-0.1, -0.05) is 100 Å². The van der Waals surface area contributed by atoms with Crippen molar-refractivity contribution in [1.29, 1.82) is 0 Å². The van der Waals surface area contributed by atoms with Gasteiger partial charge in [0.2, 0.25) is 23.6 Å². The van der Waals surface area contributed by atoms with Crippen LogP contribution in [-0.2, 0) is 44.9 Å². The maximum Gasteiger partial charge on any atom is 0.246 e. The minimum Gasteiger partial charge on any atom is -0.388 e. The molecule has 6 atom stereocenters. The van der Waals surface area contributed by atoms with Gasteiger partial charge in [0.1, 0.15) is 12.2 Å². The first kappa shape index (κ1) is 43.6. The molecule has 298 valence electrons. The Labute approximate surface area is 330 Å². The number of aliphatic hydroxyl groups is 2. The molecule has 2 aromatic heterocycles. The summed E-state index contributed by atoms with van der Waals surface area (Å²) in [5.74, 6) is -3.39. The lowest BCUT2D eigenvalue weighted by Crippen LogP contribution is -2.64. The highest BCUT2D eigenvalue weighted by molar-refractivity contribution is 5.99. The van der Waals surface area contributed by atoms with Gasteiger partial charge >= 0.3 is 0 Å². The predicted octanol–water partition coefficient (Wildman–Crippen LogP) is 3.66. The van der Waals surface area contributed by atoms with Crippen LogP contribution in [0, 0.1) is 11.8 Å². The van der Waals surface area contributed by atoms with E-state index in [4.69, 9.17) is 11.5 Å². The van der Waals surface area contributed by atoms with Gasteiger partial charge < -0.3 is 21.7 Å². The molecule has 0 aliphatic heterocycles. The van der Waals surface area contributed by atoms with E-state index >= 15 is 0 Å². The van der Waals surface area contributed by atoms with Crippen molar-refractivity contribution >= 4 is 23.6 Å². The van der Waals surface area contributed by atoms with Crippen molar-refractivity contribution in [3.05, 3.63) is 132 Å². The molecule has 2 unspecified atom stereocenters. The molecule has 0 aliphatic rings. The second-order valence-corrected chi connectivity index (χ2v) is 15.0. The van der Waals surface area contributed by atoms with Gasteiger partial charge in [0, 0.05) is 37.6 Å². The number of rotatable bonds is 19. The summed E-state index contributed by atoms with van der Waals surface area (Å²) in [5.41, 5.74) is 15.7. The van der Waals surface area contributed by atoms with Crippen molar-refractivity contribution in [2.75, 3.05) is 0 Å². The number of amides is 4. The molecule has 56 heavy (non-hydrogen) atoms. The van der Waals surface area contributed by atoms with Crippen molar-refractivity contribution < 1.29 is 29.4 Å². The molecule has 12 nitrogen and oxygen atoms in total. The number of hydrogen-bond acceptors (Lipinski definition) is 10. The normalized spacial score (nSPS) is 14.7. The summed E-state index contributed by atoms with van der Waals surface area (Å²) >= 11 is 0. The van der Waals surface area contributed by atoms with Gasteiger partial charge in [-0.25, -0.2) is 0 Å². The molecule has 4 rings (SSSR count). The van der Waals surface area contributed by atoms with Gasteiger partial charge in [-0.2, -0.15) is 0 Å². The summed E-state index contributed by atoms with van der Waals surface area (Å²) in [6.07, 6.45) is 2.94. The van der Waals surface area contributed by atoms with Crippen LogP contribution in [0.4, 0.5) is 0 Å². The van der Waals surface area contributed by atoms with Crippen LogP contribution in [0.5, 0.6) is 0 Å². The van der Waals surface area contributed by atoms with E-state index < -0.39 is 60.0 Å². The molecule has 0 saturated carbocycles. The summed E-state index contributed by atoms with van der Waals surface area (Å²) in [7, 11) is 0. The first-order valence-electron chi connectivity index (χ1n) is 19.2. The minimum absolute atomic E-state index is 0.0548. The van der Waals surface area contributed by atoms with E-state index in [0.29, 0.717) is 11.1 Å². The number of pyridine rings is 2. The van der Waals surface area contributed by atoms with Crippen molar-refractivity contribution in [2.24, 2.45) is 23.3 Å². The Kier molecular flexibility index (Phi) is 16.5. The highest BCUT2D eigenvalue weighted by Crippen LogP contribution is 2.26. The first-order chi connectivity index (χ1) is 26.8. The number of hydrogen-bond donors (Lipinski definition) is 4. The van der Waals surface area contributed by atoms with Crippen LogP contribution in [0.1, 0.15) is 62.8 Å². The fraction of sp³-hybridized carbons (Fsp3) is 0.409. The fourth-order valence-corrected chi connectivity index (χ4v) is 6.57. The number of aliphatic hydroxyl groups excluding tert-OH is 2. The molecular weight excluding hydrogens is 709 g/mol. The smallest absolute Gasteiger partial charge is 0.246 e. The minimum atomic E-state index is -1.86. The third-order valence-electron chi connectivity index (χ3n) is 10.1. The topological polar surface area (TPSA) is 193 Å². The van der Waals surface area contributed by atoms with Crippen LogP contribution in [0.15, 0.2) is 110 Å². The van der Waals surface area contributed by atoms with E-state index in [2.05, 4.69) is 9.97 Å². The van der Waals surface area contributed by atoms with Gasteiger partial charge in [0.25, 0.3) is 0 Å². The molecule has 12 heteroatoms. The van der Waals surface area contributed by atoms with Gasteiger partial charge in [0.05, 0.1) is 24.2 Å². The Morgan fingerprint density at radius 3 is 1.20 bits per heavy atom. The van der Waals surface area contributed by atoms with Crippen LogP contribution < -0.4 is 11.5 Å². The van der Waals surface area contributed by atoms with Gasteiger partial charge in [-0.3, -0.25) is 38.9 Å². The summed E-state index contributed by atoms with van der Waals surface area (Å²) in [6.45, 7) is 7.03. The molecule has 0 aliphatic carbocycles.